The molecule has 1 aromatic heterocycles. The predicted octanol–water partition coefficient (Wildman–Crippen LogP) is 1.66. The van der Waals surface area contributed by atoms with Crippen LogP contribution in [0.2, 0.25) is 0 Å². The Morgan fingerprint density at radius 1 is 1.23 bits per heavy atom. The lowest BCUT2D eigenvalue weighted by Crippen LogP contribution is -2.09. The number of aromatic nitrogens is 1. The molecule has 3 nitrogen and oxygen atoms in total. The van der Waals surface area contributed by atoms with Gasteiger partial charge < -0.3 is 0 Å². The van der Waals surface area contributed by atoms with Crippen LogP contribution in [0.4, 0.5) is 0 Å². The molecule has 1 rings (SSSR count). The maximum atomic E-state index is 11.0. The van der Waals surface area contributed by atoms with Crippen LogP contribution < -0.4 is 0 Å². The monoisotopic (exact) mass is 177 g/mol. The Balaban J connectivity index is 0.000000671. The first-order valence-corrected chi connectivity index (χ1v) is 3.67. The lowest BCUT2D eigenvalue weighted by Gasteiger charge is -1.92. The van der Waals surface area contributed by atoms with Gasteiger partial charge in [-0.2, -0.15) is 0 Å². The number of nitrogens with zero attached hydrogens (tertiary/aromatic N) is 1. The van der Waals surface area contributed by atoms with Gasteiger partial charge in [0, 0.05) is 24.9 Å². The molecule has 0 spiro atoms. The largest absolute Gasteiger partial charge is 0.291 e. The van der Waals surface area contributed by atoms with Gasteiger partial charge in [-0.25, -0.2) is 0 Å². The van der Waals surface area contributed by atoms with Crippen molar-refractivity contribution in [2.45, 2.75) is 6.92 Å². The van der Waals surface area contributed by atoms with E-state index in [2.05, 4.69) is 18.1 Å². The zero-order valence-electron chi connectivity index (χ0n) is 7.49. The first-order chi connectivity index (χ1) is 6.22. The summed E-state index contributed by atoms with van der Waals surface area (Å²) in [6.45, 7) is 7.25. The van der Waals surface area contributed by atoms with Crippen molar-refractivity contribution in [2.75, 3.05) is 0 Å². The Morgan fingerprint density at radius 2 is 1.69 bits per heavy atom. The van der Waals surface area contributed by atoms with E-state index in [9.17, 15) is 9.59 Å². The van der Waals surface area contributed by atoms with Crippen LogP contribution in [0.25, 0.3) is 0 Å². The molecule has 0 fully saturated rings. The molecule has 13 heavy (non-hydrogen) atoms. The van der Waals surface area contributed by atoms with E-state index in [1.165, 1.54) is 31.5 Å². The van der Waals surface area contributed by atoms with Crippen LogP contribution in [0.3, 0.4) is 0 Å². The summed E-state index contributed by atoms with van der Waals surface area (Å²) in [6, 6.07) is 3.04. The highest BCUT2D eigenvalue weighted by Gasteiger charge is 2.09. The van der Waals surface area contributed by atoms with E-state index in [1.807, 2.05) is 0 Å². The highest BCUT2D eigenvalue weighted by molar-refractivity contribution is 6.42. The third kappa shape index (κ3) is 3.42. The molecule has 0 aromatic carbocycles. The minimum absolute atomic E-state index is 0.396. The summed E-state index contributed by atoms with van der Waals surface area (Å²) < 4.78 is 0. The summed E-state index contributed by atoms with van der Waals surface area (Å²) >= 11 is 0. The quantitative estimate of drug-likeness (QED) is 0.392. The van der Waals surface area contributed by atoms with Crippen LogP contribution in [0.15, 0.2) is 37.7 Å². The molecule has 0 radical (unpaired) electrons. The molecule has 1 aromatic rings. The summed E-state index contributed by atoms with van der Waals surface area (Å²) in [5, 5.41) is 0. The van der Waals surface area contributed by atoms with Gasteiger partial charge in [0.15, 0.2) is 5.78 Å². The maximum Gasteiger partial charge on any atom is 0.228 e. The highest BCUT2D eigenvalue weighted by Crippen LogP contribution is 1.97. The fraction of sp³-hybridized carbons (Fsp3) is 0.100. The molecule has 0 saturated heterocycles. The Hall–Kier alpha value is -1.77. The Kier molecular flexibility index (Phi) is 5.03. The van der Waals surface area contributed by atoms with Crippen LogP contribution in [0.5, 0.6) is 0 Å². The van der Waals surface area contributed by atoms with Crippen molar-refractivity contribution in [3.63, 3.8) is 0 Å². The molecule has 0 bridgehead atoms. The van der Waals surface area contributed by atoms with Crippen LogP contribution in [0.1, 0.15) is 17.3 Å². The van der Waals surface area contributed by atoms with Crippen molar-refractivity contribution in [2.24, 2.45) is 0 Å². The first kappa shape index (κ1) is 11.2. The number of hydrogen-bond acceptors (Lipinski definition) is 3. The van der Waals surface area contributed by atoms with Crippen molar-refractivity contribution in [1.82, 2.24) is 4.98 Å². The van der Waals surface area contributed by atoms with E-state index in [1.54, 1.807) is 0 Å². The summed E-state index contributed by atoms with van der Waals surface area (Å²) in [5.74, 6) is -0.913. The van der Waals surface area contributed by atoms with Crippen LogP contribution in [-0.2, 0) is 4.79 Å². The molecule has 0 aliphatic carbocycles. The molecular weight excluding hydrogens is 166 g/mol. The number of ketones is 2. The SMILES string of the molecule is C=C.CC(=O)C(=O)c1ccncc1. The van der Waals surface area contributed by atoms with E-state index >= 15 is 0 Å². The van der Waals surface area contributed by atoms with Gasteiger partial charge >= 0.3 is 0 Å². The standard InChI is InChI=1S/C8H7NO2.C2H4/c1-6(10)8(11)7-2-4-9-5-3-7;1-2/h2-5H,1H3;1-2H2. The van der Waals surface area contributed by atoms with Gasteiger partial charge in [-0.1, -0.05) is 0 Å². The smallest absolute Gasteiger partial charge is 0.228 e. The van der Waals surface area contributed by atoms with Crippen molar-refractivity contribution in [1.29, 1.82) is 0 Å². The second-order valence-electron chi connectivity index (χ2n) is 2.12. The second-order valence-corrected chi connectivity index (χ2v) is 2.12. The van der Waals surface area contributed by atoms with Crippen LogP contribution >= 0.6 is 0 Å². The Morgan fingerprint density at radius 3 is 2.08 bits per heavy atom. The summed E-state index contributed by atoms with van der Waals surface area (Å²) in [4.78, 5) is 25.3. The van der Waals surface area contributed by atoms with E-state index in [0.29, 0.717) is 5.56 Å². The minimum atomic E-state index is -0.465. The molecule has 0 amide bonds. The molecule has 0 atom stereocenters. The molecule has 3 heteroatoms. The summed E-state index contributed by atoms with van der Waals surface area (Å²) in [7, 11) is 0. The second kappa shape index (κ2) is 5.83. The lowest BCUT2D eigenvalue weighted by atomic mass is 10.1. The summed E-state index contributed by atoms with van der Waals surface area (Å²) in [6.07, 6.45) is 2.96. The van der Waals surface area contributed by atoms with Gasteiger partial charge in [0.05, 0.1) is 0 Å². The van der Waals surface area contributed by atoms with Gasteiger partial charge in [-0.3, -0.25) is 14.6 Å². The number of pyridine rings is 1. The topological polar surface area (TPSA) is 47.0 Å². The first-order valence-electron chi connectivity index (χ1n) is 3.67. The Labute approximate surface area is 77.1 Å². The number of carbonyl (C=O) groups excluding carboxylic acids is 2. The van der Waals surface area contributed by atoms with Gasteiger partial charge in [0.25, 0.3) is 0 Å². The maximum absolute atomic E-state index is 11.0. The predicted molar refractivity (Wildman–Crippen MR) is 50.5 cm³/mol. The van der Waals surface area contributed by atoms with Crippen LogP contribution in [0, 0.1) is 0 Å². The normalized spacial score (nSPS) is 8.08. The van der Waals surface area contributed by atoms with Gasteiger partial charge in [0.1, 0.15) is 0 Å². The highest BCUT2D eigenvalue weighted by atomic mass is 16.2. The van der Waals surface area contributed by atoms with Gasteiger partial charge in [-0.05, 0) is 12.1 Å². The van der Waals surface area contributed by atoms with Gasteiger partial charge in [0.2, 0.25) is 5.78 Å². The van der Waals surface area contributed by atoms with Gasteiger partial charge in [-0.15, -0.1) is 13.2 Å². The van der Waals surface area contributed by atoms with Crippen molar-refractivity contribution in [3.8, 4) is 0 Å². The van der Waals surface area contributed by atoms with E-state index < -0.39 is 11.6 Å². The van der Waals surface area contributed by atoms with Crippen molar-refractivity contribution in [3.05, 3.63) is 43.2 Å². The molecular formula is C10H11NO2. The fourth-order valence-electron chi connectivity index (χ4n) is 0.707. The number of hydrogen-bond donors (Lipinski definition) is 0. The third-order valence-corrected chi connectivity index (χ3v) is 1.26. The number of Topliss-reactive ketones (excluding diaryl/α,β-unsaturated/α-hetero) is 2. The lowest BCUT2D eigenvalue weighted by molar-refractivity contribution is -0.113. The molecule has 0 unspecified atom stereocenters. The van der Waals surface area contributed by atoms with E-state index in [-0.39, 0.29) is 0 Å². The van der Waals surface area contributed by atoms with E-state index in [0.717, 1.165) is 0 Å². The van der Waals surface area contributed by atoms with Crippen molar-refractivity contribution >= 4 is 11.6 Å². The molecule has 68 valence electrons. The van der Waals surface area contributed by atoms with Crippen LogP contribution in [-0.4, -0.2) is 16.6 Å². The van der Waals surface area contributed by atoms with Crippen molar-refractivity contribution < 1.29 is 9.59 Å². The Bertz CT molecular complexity index is 293. The van der Waals surface area contributed by atoms with E-state index in [4.69, 9.17) is 0 Å². The fourth-order valence-corrected chi connectivity index (χ4v) is 0.707. The number of rotatable bonds is 2. The number of carbonyl (C=O) groups is 2. The average molecular weight is 177 g/mol. The minimum Gasteiger partial charge on any atom is -0.291 e. The molecule has 1 heterocycles. The zero-order chi connectivity index (χ0) is 10.3. The molecule has 0 aliphatic heterocycles. The molecule has 0 N–H and O–H groups in total. The third-order valence-electron chi connectivity index (χ3n) is 1.26. The molecule has 0 saturated carbocycles. The average Bonchev–Trinajstić information content (AvgIpc) is 2.21. The summed E-state index contributed by atoms with van der Waals surface area (Å²) in [5.41, 5.74) is 0.396. The zero-order valence-corrected chi connectivity index (χ0v) is 7.49. The molecule has 0 aliphatic rings.